The van der Waals surface area contributed by atoms with E-state index >= 15 is 0 Å². The number of fused-ring (bicyclic) bond motifs is 3. The lowest BCUT2D eigenvalue weighted by Gasteiger charge is -2.26. The van der Waals surface area contributed by atoms with Gasteiger partial charge in [-0.25, -0.2) is 14.2 Å². The molecule has 8 heteroatoms. The van der Waals surface area contributed by atoms with Gasteiger partial charge in [0.2, 0.25) is 0 Å². The molecule has 1 aliphatic heterocycles. The largest absolute Gasteiger partial charge is 0.493 e. The van der Waals surface area contributed by atoms with Crippen LogP contribution in [-0.4, -0.2) is 31.0 Å². The molecule has 0 fully saturated rings. The second-order valence-corrected chi connectivity index (χ2v) is 8.85. The van der Waals surface area contributed by atoms with Crippen molar-refractivity contribution in [3.63, 3.8) is 0 Å². The van der Waals surface area contributed by atoms with Gasteiger partial charge in [-0.3, -0.25) is 0 Å². The van der Waals surface area contributed by atoms with Crippen molar-refractivity contribution in [3.8, 4) is 11.5 Å². The number of benzene rings is 3. The number of nitrogens with one attached hydrogen (secondary N) is 1. The molecule has 0 saturated carbocycles. The summed E-state index contributed by atoms with van der Waals surface area (Å²) in [5.41, 5.74) is 4.30. The van der Waals surface area contributed by atoms with E-state index < -0.39 is 0 Å². The molecule has 0 spiro atoms. The lowest BCUT2D eigenvalue weighted by Crippen LogP contribution is -2.34. The van der Waals surface area contributed by atoms with Gasteiger partial charge in [-0.1, -0.05) is 28.1 Å². The van der Waals surface area contributed by atoms with E-state index in [1.807, 2.05) is 36.4 Å². The third kappa shape index (κ3) is 3.84. The van der Waals surface area contributed by atoms with Crippen molar-refractivity contribution in [3.05, 3.63) is 87.6 Å². The van der Waals surface area contributed by atoms with E-state index in [-0.39, 0.29) is 23.8 Å². The van der Waals surface area contributed by atoms with Crippen molar-refractivity contribution < 1.29 is 18.7 Å². The first-order valence-corrected chi connectivity index (χ1v) is 11.2. The summed E-state index contributed by atoms with van der Waals surface area (Å²) in [6.07, 6.45) is 0.679. The molecule has 1 aliphatic carbocycles. The Morgan fingerprint density at radius 1 is 1.06 bits per heavy atom. The Labute approximate surface area is 199 Å². The molecule has 1 N–H and O–H groups in total. The third-order valence-electron chi connectivity index (χ3n) is 6.05. The summed E-state index contributed by atoms with van der Waals surface area (Å²) in [5.74, 6) is 0.863. The van der Waals surface area contributed by atoms with Crippen LogP contribution in [0.15, 0.2) is 70.2 Å². The number of carbonyl (C=O) groups excluding carboxylic acids is 1. The second kappa shape index (κ2) is 8.51. The zero-order chi connectivity index (χ0) is 23.1. The van der Waals surface area contributed by atoms with Crippen LogP contribution in [0.4, 0.5) is 14.9 Å². The van der Waals surface area contributed by atoms with Gasteiger partial charge in [0.05, 0.1) is 26.0 Å². The van der Waals surface area contributed by atoms with Crippen LogP contribution in [0.1, 0.15) is 22.7 Å². The molecular formula is C25H21BrFN3O3. The monoisotopic (exact) mass is 509 g/mol. The number of halogens is 2. The van der Waals surface area contributed by atoms with E-state index in [9.17, 15) is 9.18 Å². The van der Waals surface area contributed by atoms with E-state index in [0.29, 0.717) is 23.6 Å². The first-order chi connectivity index (χ1) is 16.0. The maximum Gasteiger partial charge on any atom is 0.342 e. The summed E-state index contributed by atoms with van der Waals surface area (Å²) in [6, 6.07) is 16.7. The molecule has 0 bridgehead atoms. The molecule has 3 aromatic rings. The fraction of sp³-hybridized carbons (Fsp3) is 0.200. The molecule has 6 nitrogen and oxygen atoms in total. The Balaban J connectivity index is 1.55. The predicted octanol–water partition coefficient (Wildman–Crippen LogP) is 5.77. The molecule has 2 atom stereocenters. The molecule has 168 valence electrons. The summed E-state index contributed by atoms with van der Waals surface area (Å²) in [7, 11) is 3.19. The highest BCUT2D eigenvalue weighted by molar-refractivity contribution is 9.10. The molecule has 0 aromatic heterocycles. The molecule has 2 aliphatic rings. The minimum Gasteiger partial charge on any atom is -0.493 e. The average molecular weight is 510 g/mol. The Kier molecular flexibility index (Phi) is 5.54. The van der Waals surface area contributed by atoms with E-state index in [1.54, 1.807) is 26.4 Å². The van der Waals surface area contributed by atoms with Gasteiger partial charge in [0, 0.05) is 21.6 Å². The zero-order valence-corrected chi connectivity index (χ0v) is 19.6. The molecule has 3 aromatic carbocycles. The third-order valence-corrected chi connectivity index (χ3v) is 6.58. The maximum absolute atomic E-state index is 13.6. The smallest absolute Gasteiger partial charge is 0.342 e. The summed E-state index contributed by atoms with van der Waals surface area (Å²) in [4.78, 5) is 13.3. The molecule has 0 saturated heterocycles. The minimum atomic E-state index is -0.375. The number of ether oxygens (including phenoxy) is 2. The lowest BCUT2D eigenvalue weighted by molar-refractivity contribution is 0.190. The summed E-state index contributed by atoms with van der Waals surface area (Å²) in [5, 5.41) is 9.14. The van der Waals surface area contributed by atoms with Crippen LogP contribution in [0.5, 0.6) is 11.5 Å². The molecule has 0 radical (unpaired) electrons. The number of rotatable bonds is 4. The van der Waals surface area contributed by atoms with Crippen LogP contribution < -0.4 is 14.8 Å². The number of hydrogen-bond acceptors (Lipinski definition) is 4. The minimum absolute atomic E-state index is 0.0714. The Bertz CT molecular complexity index is 1250. The van der Waals surface area contributed by atoms with Gasteiger partial charge in [-0.2, -0.15) is 5.10 Å². The highest BCUT2D eigenvalue weighted by Gasteiger charge is 2.46. The molecule has 2 unspecified atom stereocenters. The molecule has 33 heavy (non-hydrogen) atoms. The van der Waals surface area contributed by atoms with Gasteiger partial charge in [-0.05, 0) is 66.1 Å². The van der Waals surface area contributed by atoms with Crippen LogP contribution in [0.3, 0.4) is 0 Å². The van der Waals surface area contributed by atoms with Crippen molar-refractivity contribution in [2.45, 2.75) is 12.5 Å². The van der Waals surface area contributed by atoms with Gasteiger partial charge in [-0.15, -0.1) is 0 Å². The molecule has 5 rings (SSSR count). The van der Waals surface area contributed by atoms with E-state index in [0.717, 1.165) is 26.9 Å². The number of methoxy groups -OCH3 is 2. The summed E-state index contributed by atoms with van der Waals surface area (Å²) >= 11 is 3.40. The zero-order valence-electron chi connectivity index (χ0n) is 18.0. The van der Waals surface area contributed by atoms with Crippen LogP contribution in [-0.2, 0) is 6.42 Å². The van der Waals surface area contributed by atoms with Gasteiger partial charge in [0.25, 0.3) is 0 Å². The van der Waals surface area contributed by atoms with Crippen molar-refractivity contribution in [2.24, 2.45) is 11.0 Å². The normalized spacial score (nSPS) is 18.4. The van der Waals surface area contributed by atoms with E-state index in [4.69, 9.17) is 14.6 Å². The van der Waals surface area contributed by atoms with Gasteiger partial charge < -0.3 is 14.8 Å². The van der Waals surface area contributed by atoms with Gasteiger partial charge >= 0.3 is 6.03 Å². The number of amides is 2. The van der Waals surface area contributed by atoms with Crippen LogP contribution >= 0.6 is 15.9 Å². The van der Waals surface area contributed by atoms with Crippen molar-refractivity contribution in [1.82, 2.24) is 5.01 Å². The van der Waals surface area contributed by atoms with Crippen molar-refractivity contribution in [2.75, 3.05) is 19.5 Å². The Morgan fingerprint density at radius 2 is 1.73 bits per heavy atom. The number of nitrogens with zero attached hydrogens (tertiary/aromatic N) is 2. The highest BCUT2D eigenvalue weighted by atomic mass is 79.9. The summed E-state index contributed by atoms with van der Waals surface area (Å²) in [6.45, 7) is 0. The fourth-order valence-corrected chi connectivity index (χ4v) is 4.78. The lowest BCUT2D eigenvalue weighted by atomic mass is 9.90. The van der Waals surface area contributed by atoms with Crippen LogP contribution in [0.2, 0.25) is 0 Å². The number of hydrazone groups is 1. The van der Waals surface area contributed by atoms with Gasteiger partial charge in [0.15, 0.2) is 11.5 Å². The van der Waals surface area contributed by atoms with Crippen molar-refractivity contribution in [1.29, 1.82) is 0 Å². The topological polar surface area (TPSA) is 63.2 Å². The SMILES string of the molecule is COc1cc2c(cc1OC)C1=NN(C(=O)Nc3ccc(Br)cc3)C(c3ccc(F)cc3)C1C2. The van der Waals surface area contributed by atoms with Gasteiger partial charge in [0.1, 0.15) is 5.82 Å². The Morgan fingerprint density at radius 3 is 2.39 bits per heavy atom. The van der Waals surface area contributed by atoms with E-state index in [2.05, 4.69) is 21.2 Å². The van der Waals surface area contributed by atoms with Crippen LogP contribution in [0, 0.1) is 11.7 Å². The molecule has 1 heterocycles. The highest BCUT2D eigenvalue weighted by Crippen LogP contribution is 2.47. The first-order valence-electron chi connectivity index (χ1n) is 10.4. The second-order valence-electron chi connectivity index (χ2n) is 7.94. The van der Waals surface area contributed by atoms with Crippen LogP contribution in [0.25, 0.3) is 0 Å². The van der Waals surface area contributed by atoms with Crippen molar-refractivity contribution >= 4 is 33.4 Å². The molecule has 2 amide bonds. The maximum atomic E-state index is 13.6. The quantitative estimate of drug-likeness (QED) is 0.485. The number of urea groups is 1. The number of anilines is 1. The number of carbonyl (C=O) groups is 1. The Hall–Kier alpha value is -3.39. The summed E-state index contributed by atoms with van der Waals surface area (Å²) < 4.78 is 25.5. The average Bonchev–Trinajstić information content (AvgIpc) is 3.36. The van der Waals surface area contributed by atoms with E-state index in [1.165, 1.54) is 17.1 Å². The standard InChI is InChI=1S/C25H21BrFN3O3/c1-32-21-12-15-11-20-23(19(15)13-22(21)33-2)29-30(24(20)14-3-7-17(27)8-4-14)25(31)28-18-9-5-16(26)6-10-18/h3-10,12-13,20,24H,11H2,1-2H3,(H,28,31). The fourth-order valence-electron chi connectivity index (χ4n) is 4.52. The predicted molar refractivity (Wildman–Crippen MR) is 127 cm³/mol. The molecular weight excluding hydrogens is 489 g/mol. The first kappa shape index (κ1) is 21.5. The number of hydrogen-bond donors (Lipinski definition) is 1.